The van der Waals surface area contributed by atoms with E-state index in [2.05, 4.69) is 10.3 Å². The molecule has 20 heavy (non-hydrogen) atoms. The van der Waals surface area contributed by atoms with Crippen LogP contribution in [0.15, 0.2) is 41.3 Å². The summed E-state index contributed by atoms with van der Waals surface area (Å²) in [6.45, 7) is 1.47. The van der Waals surface area contributed by atoms with Gasteiger partial charge in [-0.05, 0) is 37.3 Å². The largest absolute Gasteiger partial charge is 0.327 e. The summed E-state index contributed by atoms with van der Waals surface area (Å²) in [6.07, 6.45) is 1.29. The molecule has 0 saturated heterocycles. The average Bonchev–Trinajstić information content (AvgIpc) is 2.42. The van der Waals surface area contributed by atoms with Crippen molar-refractivity contribution in [3.05, 3.63) is 63.0 Å². The number of anilines is 1. The summed E-state index contributed by atoms with van der Waals surface area (Å²) < 4.78 is 0. The van der Waals surface area contributed by atoms with Crippen LogP contribution in [0.2, 0.25) is 5.02 Å². The second-order valence-electron chi connectivity index (χ2n) is 4.15. The Hall–Kier alpha value is -2.40. The standard InChI is InChI=1S/C14H11ClN2O3/c1-8(18)9-2-4-11(5-3-9)17-13(19)10-6-12(15)14(20)16-7-10/h2-7H,1H3,(H,16,20)(H,17,19). The smallest absolute Gasteiger partial charge is 0.266 e. The minimum Gasteiger partial charge on any atom is -0.327 e. The van der Waals surface area contributed by atoms with Gasteiger partial charge in [0.1, 0.15) is 5.02 Å². The topological polar surface area (TPSA) is 79.0 Å². The molecular formula is C14H11ClN2O3. The zero-order valence-corrected chi connectivity index (χ0v) is 11.3. The van der Waals surface area contributed by atoms with Gasteiger partial charge in [-0.15, -0.1) is 0 Å². The number of aromatic nitrogens is 1. The molecule has 1 amide bonds. The highest BCUT2D eigenvalue weighted by atomic mass is 35.5. The van der Waals surface area contributed by atoms with Crippen LogP contribution in [0.25, 0.3) is 0 Å². The van der Waals surface area contributed by atoms with Crippen LogP contribution in [0.1, 0.15) is 27.6 Å². The molecule has 1 heterocycles. The molecule has 0 aliphatic carbocycles. The third kappa shape index (κ3) is 3.13. The second-order valence-corrected chi connectivity index (χ2v) is 4.56. The van der Waals surface area contributed by atoms with Crippen molar-refractivity contribution in [2.24, 2.45) is 0 Å². The Morgan fingerprint density at radius 3 is 2.35 bits per heavy atom. The van der Waals surface area contributed by atoms with E-state index in [4.69, 9.17) is 11.6 Å². The first-order chi connectivity index (χ1) is 9.47. The molecule has 2 rings (SSSR count). The molecule has 0 spiro atoms. The lowest BCUT2D eigenvalue weighted by molar-refractivity contribution is 0.101. The molecule has 6 heteroatoms. The number of halogens is 1. The van der Waals surface area contributed by atoms with Crippen molar-refractivity contribution in [3.8, 4) is 0 Å². The highest BCUT2D eigenvalue weighted by Gasteiger charge is 2.08. The highest BCUT2D eigenvalue weighted by molar-refractivity contribution is 6.30. The number of aromatic amines is 1. The molecule has 1 aromatic carbocycles. The van der Waals surface area contributed by atoms with E-state index in [0.29, 0.717) is 11.3 Å². The van der Waals surface area contributed by atoms with E-state index in [1.54, 1.807) is 24.3 Å². The van der Waals surface area contributed by atoms with Crippen LogP contribution in [0.4, 0.5) is 5.69 Å². The van der Waals surface area contributed by atoms with Crippen LogP contribution in [0.3, 0.4) is 0 Å². The van der Waals surface area contributed by atoms with E-state index in [1.807, 2.05) is 0 Å². The van der Waals surface area contributed by atoms with E-state index in [1.165, 1.54) is 19.2 Å². The molecule has 2 aromatic rings. The second kappa shape index (κ2) is 5.71. The fraction of sp³-hybridized carbons (Fsp3) is 0.0714. The summed E-state index contributed by atoms with van der Waals surface area (Å²) in [4.78, 5) is 36.5. The Morgan fingerprint density at radius 1 is 1.15 bits per heavy atom. The number of carbonyl (C=O) groups excluding carboxylic acids is 2. The van der Waals surface area contributed by atoms with E-state index < -0.39 is 11.5 Å². The minimum atomic E-state index is -0.450. The summed E-state index contributed by atoms with van der Waals surface area (Å²) in [6, 6.07) is 7.79. The third-order valence-corrected chi connectivity index (χ3v) is 2.95. The van der Waals surface area contributed by atoms with Gasteiger partial charge in [0.25, 0.3) is 11.5 Å². The fourth-order valence-corrected chi connectivity index (χ4v) is 1.75. The first-order valence-electron chi connectivity index (χ1n) is 5.78. The Labute approximate surface area is 119 Å². The maximum atomic E-state index is 11.9. The van der Waals surface area contributed by atoms with E-state index in [-0.39, 0.29) is 16.4 Å². The van der Waals surface area contributed by atoms with Crippen LogP contribution in [-0.2, 0) is 0 Å². The molecule has 2 N–H and O–H groups in total. The lowest BCUT2D eigenvalue weighted by Gasteiger charge is -2.05. The van der Waals surface area contributed by atoms with Crippen molar-refractivity contribution in [1.29, 1.82) is 0 Å². The predicted octanol–water partition coefficient (Wildman–Crippen LogP) is 2.48. The molecule has 0 aliphatic heterocycles. The lowest BCUT2D eigenvalue weighted by atomic mass is 10.1. The normalized spacial score (nSPS) is 10.1. The lowest BCUT2D eigenvalue weighted by Crippen LogP contribution is -2.15. The SMILES string of the molecule is CC(=O)c1ccc(NC(=O)c2c[nH]c(=O)c(Cl)c2)cc1. The van der Waals surface area contributed by atoms with Crippen LogP contribution >= 0.6 is 11.6 Å². The van der Waals surface area contributed by atoms with Gasteiger partial charge in [0.05, 0.1) is 5.56 Å². The number of carbonyl (C=O) groups is 2. The number of pyridine rings is 1. The first-order valence-corrected chi connectivity index (χ1v) is 6.16. The molecule has 0 saturated carbocycles. The van der Waals surface area contributed by atoms with Crippen molar-refractivity contribution < 1.29 is 9.59 Å². The summed E-state index contributed by atoms with van der Waals surface area (Å²) in [5, 5.41) is 2.59. The van der Waals surface area contributed by atoms with Gasteiger partial charge in [0.2, 0.25) is 0 Å². The summed E-state index contributed by atoms with van der Waals surface area (Å²) in [5.74, 6) is -0.450. The van der Waals surface area contributed by atoms with Gasteiger partial charge in [-0.3, -0.25) is 14.4 Å². The van der Waals surface area contributed by atoms with Crippen molar-refractivity contribution >= 4 is 29.0 Å². The molecule has 0 atom stereocenters. The van der Waals surface area contributed by atoms with Crippen molar-refractivity contribution in [2.75, 3.05) is 5.32 Å². The van der Waals surface area contributed by atoms with E-state index >= 15 is 0 Å². The third-order valence-electron chi connectivity index (χ3n) is 2.67. The number of Topliss-reactive ketones (excluding diaryl/α,β-unsaturated/α-hetero) is 1. The maximum absolute atomic E-state index is 11.9. The Morgan fingerprint density at radius 2 is 1.80 bits per heavy atom. The van der Waals surface area contributed by atoms with Crippen LogP contribution in [-0.4, -0.2) is 16.7 Å². The van der Waals surface area contributed by atoms with Crippen LogP contribution in [0.5, 0.6) is 0 Å². The molecule has 0 aliphatic rings. The van der Waals surface area contributed by atoms with Crippen LogP contribution in [0, 0.1) is 0 Å². The molecule has 0 unspecified atom stereocenters. The number of hydrogen-bond acceptors (Lipinski definition) is 3. The van der Waals surface area contributed by atoms with Gasteiger partial charge < -0.3 is 10.3 Å². The van der Waals surface area contributed by atoms with E-state index in [9.17, 15) is 14.4 Å². The molecule has 0 bridgehead atoms. The Balaban J connectivity index is 2.16. The van der Waals surface area contributed by atoms with Crippen molar-refractivity contribution in [3.63, 3.8) is 0 Å². The number of benzene rings is 1. The molecule has 1 aromatic heterocycles. The molecule has 102 valence electrons. The monoisotopic (exact) mass is 290 g/mol. The predicted molar refractivity (Wildman–Crippen MR) is 76.5 cm³/mol. The number of rotatable bonds is 3. The molecule has 0 fully saturated rings. The zero-order valence-electron chi connectivity index (χ0n) is 10.6. The maximum Gasteiger partial charge on any atom is 0.266 e. The van der Waals surface area contributed by atoms with Gasteiger partial charge in [-0.1, -0.05) is 11.6 Å². The molecule has 0 radical (unpaired) electrons. The number of amides is 1. The number of nitrogens with one attached hydrogen (secondary N) is 2. The zero-order chi connectivity index (χ0) is 14.7. The van der Waals surface area contributed by atoms with E-state index in [0.717, 1.165) is 0 Å². The summed E-state index contributed by atoms with van der Waals surface area (Å²) in [5.41, 5.74) is 0.900. The number of hydrogen-bond donors (Lipinski definition) is 2. The summed E-state index contributed by atoms with van der Waals surface area (Å²) >= 11 is 5.66. The first kappa shape index (κ1) is 14.0. The fourth-order valence-electron chi connectivity index (χ4n) is 1.58. The number of H-pyrrole nitrogens is 1. The summed E-state index contributed by atoms with van der Waals surface area (Å²) in [7, 11) is 0. The number of ketones is 1. The van der Waals surface area contributed by atoms with Gasteiger partial charge in [-0.25, -0.2) is 0 Å². The van der Waals surface area contributed by atoms with Gasteiger partial charge in [0, 0.05) is 17.4 Å². The molecular weight excluding hydrogens is 280 g/mol. The average molecular weight is 291 g/mol. The van der Waals surface area contributed by atoms with Gasteiger partial charge in [0.15, 0.2) is 5.78 Å². The minimum absolute atomic E-state index is 0.0460. The highest BCUT2D eigenvalue weighted by Crippen LogP contribution is 2.12. The van der Waals surface area contributed by atoms with Gasteiger partial charge >= 0.3 is 0 Å². The van der Waals surface area contributed by atoms with Crippen LogP contribution < -0.4 is 10.9 Å². The Kier molecular flexibility index (Phi) is 4.00. The van der Waals surface area contributed by atoms with Crippen molar-refractivity contribution in [1.82, 2.24) is 4.98 Å². The molecule has 5 nitrogen and oxygen atoms in total. The quantitative estimate of drug-likeness (QED) is 0.852. The van der Waals surface area contributed by atoms with Gasteiger partial charge in [-0.2, -0.15) is 0 Å². The Bertz CT molecular complexity index is 720. The van der Waals surface area contributed by atoms with Crippen molar-refractivity contribution in [2.45, 2.75) is 6.92 Å².